The van der Waals surface area contributed by atoms with Gasteiger partial charge in [-0.1, -0.05) is 48.9 Å². The summed E-state index contributed by atoms with van der Waals surface area (Å²) in [7, 11) is 0. The summed E-state index contributed by atoms with van der Waals surface area (Å²) >= 11 is 6.08. The predicted molar refractivity (Wildman–Crippen MR) is 96.4 cm³/mol. The van der Waals surface area contributed by atoms with E-state index < -0.39 is 0 Å². The van der Waals surface area contributed by atoms with Crippen LogP contribution in [-0.4, -0.2) is 18.4 Å². The maximum Gasteiger partial charge on any atom is 0.229 e. The molecule has 0 bridgehead atoms. The molecule has 2 aromatic carbocycles. The Hall–Kier alpha value is -2.33. The molecule has 1 N–H and O–H groups in total. The summed E-state index contributed by atoms with van der Waals surface area (Å²) in [4.78, 5) is 26.6. The lowest BCUT2D eigenvalue weighted by Crippen LogP contribution is -2.28. The third kappa shape index (κ3) is 3.29. The average molecular weight is 343 g/mol. The Morgan fingerprint density at radius 2 is 1.92 bits per heavy atom. The van der Waals surface area contributed by atoms with E-state index in [1.54, 1.807) is 23.1 Å². The maximum absolute atomic E-state index is 12.5. The van der Waals surface area contributed by atoms with Gasteiger partial charge in [0.1, 0.15) is 0 Å². The van der Waals surface area contributed by atoms with Gasteiger partial charge in [-0.25, -0.2) is 0 Å². The van der Waals surface area contributed by atoms with Crippen LogP contribution in [0.1, 0.15) is 18.9 Å². The fourth-order valence-corrected chi connectivity index (χ4v) is 3.17. The molecule has 1 fully saturated rings. The number of nitrogens with zero attached hydrogens (tertiary/aromatic N) is 1. The summed E-state index contributed by atoms with van der Waals surface area (Å²) in [6.07, 6.45) is 1.06. The molecule has 0 aromatic heterocycles. The second-order valence-corrected chi connectivity index (χ2v) is 6.26. The van der Waals surface area contributed by atoms with Gasteiger partial charge in [-0.3, -0.25) is 9.59 Å². The van der Waals surface area contributed by atoms with E-state index in [4.69, 9.17) is 11.6 Å². The molecule has 4 nitrogen and oxygen atoms in total. The molecular weight excluding hydrogens is 324 g/mol. The van der Waals surface area contributed by atoms with Crippen molar-refractivity contribution in [3.63, 3.8) is 0 Å². The molecule has 24 heavy (non-hydrogen) atoms. The molecule has 0 radical (unpaired) electrons. The Kier molecular flexibility index (Phi) is 4.86. The van der Waals surface area contributed by atoms with Crippen molar-refractivity contribution < 1.29 is 9.59 Å². The van der Waals surface area contributed by atoms with Crippen LogP contribution in [-0.2, 0) is 16.0 Å². The monoisotopic (exact) mass is 342 g/mol. The second-order valence-electron chi connectivity index (χ2n) is 5.86. The molecule has 0 spiro atoms. The van der Waals surface area contributed by atoms with Crippen molar-refractivity contribution >= 4 is 34.8 Å². The molecule has 3 rings (SSSR count). The van der Waals surface area contributed by atoms with Gasteiger partial charge in [-0.2, -0.15) is 0 Å². The Balaban J connectivity index is 1.75. The van der Waals surface area contributed by atoms with Crippen molar-refractivity contribution in [1.82, 2.24) is 0 Å². The Labute approximate surface area is 146 Å². The third-order valence-corrected chi connectivity index (χ3v) is 4.62. The number of rotatable bonds is 4. The van der Waals surface area contributed by atoms with Gasteiger partial charge < -0.3 is 10.2 Å². The summed E-state index contributed by atoms with van der Waals surface area (Å²) in [6.45, 7) is 2.45. The maximum atomic E-state index is 12.5. The molecular formula is C19H19ClN2O2. The van der Waals surface area contributed by atoms with Crippen molar-refractivity contribution in [3.8, 4) is 0 Å². The molecule has 5 heteroatoms. The van der Waals surface area contributed by atoms with Gasteiger partial charge in [0.05, 0.1) is 16.6 Å². The van der Waals surface area contributed by atoms with E-state index in [2.05, 4.69) is 12.2 Å². The van der Waals surface area contributed by atoms with Crippen molar-refractivity contribution in [1.29, 1.82) is 0 Å². The summed E-state index contributed by atoms with van der Waals surface area (Å²) in [5.74, 6) is -0.568. The zero-order valence-electron chi connectivity index (χ0n) is 13.5. The van der Waals surface area contributed by atoms with Gasteiger partial charge in [-0.15, -0.1) is 0 Å². The van der Waals surface area contributed by atoms with Gasteiger partial charge in [0.25, 0.3) is 0 Å². The highest BCUT2D eigenvalue weighted by molar-refractivity contribution is 6.33. The molecule has 1 heterocycles. The van der Waals surface area contributed by atoms with E-state index in [0.717, 1.165) is 17.7 Å². The summed E-state index contributed by atoms with van der Waals surface area (Å²) in [5.41, 5.74) is 2.58. The molecule has 124 valence electrons. The zero-order chi connectivity index (χ0) is 17.1. The predicted octanol–water partition coefficient (Wildman–Crippen LogP) is 3.89. The number of aryl methyl sites for hydroxylation is 1. The van der Waals surface area contributed by atoms with E-state index >= 15 is 0 Å². The van der Waals surface area contributed by atoms with E-state index in [0.29, 0.717) is 17.3 Å². The van der Waals surface area contributed by atoms with Crippen LogP contribution in [0.15, 0.2) is 48.5 Å². The van der Waals surface area contributed by atoms with Crippen molar-refractivity contribution in [3.05, 3.63) is 59.1 Å². The van der Waals surface area contributed by atoms with Gasteiger partial charge in [0, 0.05) is 18.7 Å². The van der Waals surface area contributed by atoms with Crippen LogP contribution < -0.4 is 10.2 Å². The van der Waals surface area contributed by atoms with Crippen LogP contribution in [0, 0.1) is 5.92 Å². The molecule has 1 aliphatic rings. The SMILES string of the molecule is CCc1ccccc1N1C[C@@H](C(=O)Nc2ccccc2Cl)CC1=O. The lowest BCUT2D eigenvalue weighted by molar-refractivity contribution is -0.122. The molecule has 2 aromatic rings. The van der Waals surface area contributed by atoms with Crippen LogP contribution in [0.3, 0.4) is 0 Å². The van der Waals surface area contributed by atoms with Gasteiger partial charge >= 0.3 is 0 Å². The average Bonchev–Trinajstić information content (AvgIpc) is 2.98. The van der Waals surface area contributed by atoms with Crippen molar-refractivity contribution in [2.75, 3.05) is 16.8 Å². The quantitative estimate of drug-likeness (QED) is 0.916. The van der Waals surface area contributed by atoms with Gasteiger partial charge in [-0.05, 0) is 30.2 Å². The smallest absolute Gasteiger partial charge is 0.229 e. The highest BCUT2D eigenvalue weighted by Gasteiger charge is 2.35. The molecule has 0 aliphatic carbocycles. The van der Waals surface area contributed by atoms with E-state index in [1.807, 2.05) is 30.3 Å². The van der Waals surface area contributed by atoms with Crippen molar-refractivity contribution in [2.45, 2.75) is 19.8 Å². The first kappa shape index (κ1) is 16.5. The Morgan fingerprint density at radius 1 is 1.21 bits per heavy atom. The number of anilines is 2. The lowest BCUT2D eigenvalue weighted by Gasteiger charge is -2.20. The van der Waals surface area contributed by atoms with Crippen LogP contribution >= 0.6 is 11.6 Å². The third-order valence-electron chi connectivity index (χ3n) is 4.29. The number of carbonyl (C=O) groups is 2. The summed E-state index contributed by atoms with van der Waals surface area (Å²) in [5, 5.41) is 3.31. The molecule has 0 saturated carbocycles. The van der Waals surface area contributed by atoms with Crippen LogP contribution in [0.2, 0.25) is 5.02 Å². The first-order valence-electron chi connectivity index (χ1n) is 8.03. The van der Waals surface area contributed by atoms with E-state index in [-0.39, 0.29) is 24.2 Å². The largest absolute Gasteiger partial charge is 0.324 e. The van der Waals surface area contributed by atoms with E-state index in [1.165, 1.54) is 0 Å². The number of amides is 2. The van der Waals surface area contributed by atoms with Gasteiger partial charge in [0.15, 0.2) is 0 Å². The number of nitrogens with one attached hydrogen (secondary N) is 1. The Bertz CT molecular complexity index is 775. The lowest BCUT2D eigenvalue weighted by atomic mass is 10.1. The van der Waals surface area contributed by atoms with Gasteiger partial charge in [0.2, 0.25) is 11.8 Å². The molecule has 2 amide bonds. The standard InChI is InChI=1S/C19H19ClN2O2/c1-2-13-7-3-6-10-17(13)22-12-14(11-18(22)23)19(24)21-16-9-5-4-8-15(16)20/h3-10,14H,2,11-12H2,1H3,(H,21,24)/t14-/m0/s1. The highest BCUT2D eigenvalue weighted by Crippen LogP contribution is 2.29. The number of halogens is 1. The first-order chi connectivity index (χ1) is 11.6. The first-order valence-corrected chi connectivity index (χ1v) is 8.41. The molecule has 1 aliphatic heterocycles. The Morgan fingerprint density at radius 3 is 2.67 bits per heavy atom. The normalized spacial score (nSPS) is 17.2. The van der Waals surface area contributed by atoms with Crippen LogP contribution in [0.5, 0.6) is 0 Å². The number of hydrogen-bond acceptors (Lipinski definition) is 2. The number of hydrogen-bond donors (Lipinski definition) is 1. The topological polar surface area (TPSA) is 49.4 Å². The van der Waals surface area contributed by atoms with Crippen LogP contribution in [0.4, 0.5) is 11.4 Å². The number of carbonyl (C=O) groups excluding carboxylic acids is 2. The summed E-state index contributed by atoms with van der Waals surface area (Å²) < 4.78 is 0. The number of para-hydroxylation sites is 2. The highest BCUT2D eigenvalue weighted by atomic mass is 35.5. The molecule has 0 unspecified atom stereocenters. The van der Waals surface area contributed by atoms with E-state index in [9.17, 15) is 9.59 Å². The minimum atomic E-state index is -0.376. The zero-order valence-corrected chi connectivity index (χ0v) is 14.2. The van der Waals surface area contributed by atoms with Crippen LogP contribution in [0.25, 0.3) is 0 Å². The second kappa shape index (κ2) is 7.05. The molecule has 1 atom stereocenters. The van der Waals surface area contributed by atoms with Crippen molar-refractivity contribution in [2.24, 2.45) is 5.92 Å². The fraction of sp³-hybridized carbons (Fsp3) is 0.263. The minimum absolute atomic E-state index is 0.0183. The number of benzene rings is 2. The minimum Gasteiger partial charge on any atom is -0.324 e. The fourth-order valence-electron chi connectivity index (χ4n) is 2.99. The summed E-state index contributed by atoms with van der Waals surface area (Å²) in [6, 6.07) is 14.9. The molecule has 1 saturated heterocycles.